The first-order chi connectivity index (χ1) is 28.2. The van der Waals surface area contributed by atoms with Crippen LogP contribution in [0.2, 0.25) is 0 Å². The third-order valence-electron chi connectivity index (χ3n) is 10.9. The van der Waals surface area contributed by atoms with E-state index in [2.05, 4.69) is 181 Å². The molecule has 0 saturated carbocycles. The fraction of sp³-hybridized carbons (Fsp3) is 0. The first-order valence-corrected chi connectivity index (χ1v) is 20.0. The van der Waals surface area contributed by atoms with Crippen molar-refractivity contribution >= 4 is 70.4 Å². The summed E-state index contributed by atoms with van der Waals surface area (Å²) in [6.45, 7) is 0. The number of benzene rings is 9. The highest BCUT2D eigenvalue weighted by Gasteiger charge is 2.21. The third kappa shape index (κ3) is 5.95. The van der Waals surface area contributed by atoms with Gasteiger partial charge in [-0.2, -0.15) is 0 Å². The topological polar surface area (TPSA) is 29.3 Å². The van der Waals surface area contributed by atoms with E-state index in [-0.39, 0.29) is 0 Å². The number of hydrogen-bond acceptors (Lipinski definition) is 4. The molecule has 57 heavy (non-hydrogen) atoms. The summed E-state index contributed by atoms with van der Waals surface area (Å²) in [7, 11) is 0. The molecule has 0 fully saturated rings. The molecule has 4 heteroatoms. The van der Waals surface area contributed by atoms with Crippen molar-refractivity contribution in [3.63, 3.8) is 0 Å². The van der Waals surface area contributed by atoms with Crippen LogP contribution in [0.25, 0.3) is 86.9 Å². The minimum atomic E-state index is 0.645. The summed E-state index contributed by atoms with van der Waals surface area (Å²) in [5, 5.41) is 4.84. The second-order valence-electron chi connectivity index (χ2n) is 14.4. The fourth-order valence-corrected chi connectivity index (χ4v) is 9.32. The van der Waals surface area contributed by atoms with E-state index in [0.717, 1.165) is 44.9 Å². The van der Waals surface area contributed by atoms with Crippen molar-refractivity contribution in [2.45, 2.75) is 0 Å². The minimum absolute atomic E-state index is 0.645. The number of thiophene rings is 1. The predicted octanol–water partition coefficient (Wildman–Crippen LogP) is 15.5. The molecule has 0 aliphatic carbocycles. The third-order valence-corrected chi connectivity index (χ3v) is 12.1. The number of anilines is 3. The van der Waals surface area contributed by atoms with E-state index in [4.69, 9.17) is 9.40 Å². The van der Waals surface area contributed by atoms with Crippen molar-refractivity contribution in [3.8, 4) is 44.8 Å². The molecule has 0 saturated heterocycles. The van der Waals surface area contributed by atoms with Crippen molar-refractivity contribution in [1.29, 1.82) is 0 Å². The Balaban J connectivity index is 1.07. The molecule has 0 radical (unpaired) electrons. The highest BCUT2D eigenvalue weighted by atomic mass is 32.1. The van der Waals surface area contributed by atoms with Crippen LogP contribution in [0.1, 0.15) is 0 Å². The molecular formula is C53H34N2OS. The van der Waals surface area contributed by atoms with Crippen LogP contribution in [-0.2, 0) is 0 Å². The Labute approximate surface area is 334 Å². The lowest BCUT2D eigenvalue weighted by molar-refractivity contribution is 0.620. The van der Waals surface area contributed by atoms with Gasteiger partial charge in [-0.05, 0) is 93.2 Å². The van der Waals surface area contributed by atoms with Crippen LogP contribution in [0.5, 0.6) is 0 Å². The van der Waals surface area contributed by atoms with Crippen molar-refractivity contribution in [1.82, 2.24) is 4.98 Å². The predicted molar refractivity (Wildman–Crippen MR) is 241 cm³/mol. The van der Waals surface area contributed by atoms with Gasteiger partial charge in [0.05, 0.1) is 5.69 Å². The molecule has 0 atom stereocenters. The van der Waals surface area contributed by atoms with E-state index in [1.807, 2.05) is 41.7 Å². The van der Waals surface area contributed by atoms with E-state index in [1.165, 1.54) is 53.2 Å². The number of nitrogens with zero attached hydrogens (tertiary/aromatic N) is 2. The van der Waals surface area contributed by atoms with E-state index in [9.17, 15) is 0 Å². The monoisotopic (exact) mass is 746 g/mol. The highest BCUT2D eigenvalue weighted by molar-refractivity contribution is 7.26. The smallest absolute Gasteiger partial charge is 0.227 e. The van der Waals surface area contributed by atoms with Gasteiger partial charge in [0.2, 0.25) is 5.89 Å². The SMILES string of the molecule is c1ccc(-c2ccc(N(c3ccc4ccccc4c3)c3ccc(-c4cccc5c4sc4cc6oc(-c7ccccc7)nc6cc45)cc3-c3ccccc3)cc2)cc1. The molecule has 2 heterocycles. The standard InChI is InChI=1S/C53H34N2OS/c1-4-13-35(14-5-1)37-23-27-42(28-24-37)55(43-29-25-36-15-10-11-20-40(36)31-43)49-30-26-41(32-46(49)38-16-6-2-7-17-38)44-21-12-22-45-47-33-48-50(34-51(47)57-52(44)45)56-53(54-48)39-18-8-3-9-19-39/h1-34H. The maximum Gasteiger partial charge on any atom is 0.227 e. The number of aromatic nitrogens is 1. The van der Waals surface area contributed by atoms with Crippen LogP contribution in [0.4, 0.5) is 17.1 Å². The average Bonchev–Trinajstić information content (AvgIpc) is 3.87. The molecule has 3 nitrogen and oxygen atoms in total. The first-order valence-electron chi connectivity index (χ1n) is 19.2. The summed E-state index contributed by atoms with van der Waals surface area (Å²) in [4.78, 5) is 7.29. The zero-order valence-electron chi connectivity index (χ0n) is 30.8. The lowest BCUT2D eigenvalue weighted by Crippen LogP contribution is -2.11. The highest BCUT2D eigenvalue weighted by Crippen LogP contribution is 2.46. The van der Waals surface area contributed by atoms with Gasteiger partial charge in [0.15, 0.2) is 5.58 Å². The second kappa shape index (κ2) is 13.8. The number of rotatable bonds is 7. The molecule has 11 rings (SSSR count). The second-order valence-corrected chi connectivity index (χ2v) is 15.4. The van der Waals surface area contributed by atoms with Gasteiger partial charge in [-0.25, -0.2) is 4.98 Å². The quantitative estimate of drug-likeness (QED) is 0.163. The van der Waals surface area contributed by atoms with Gasteiger partial charge < -0.3 is 9.32 Å². The summed E-state index contributed by atoms with van der Waals surface area (Å²) in [6, 6.07) is 73.7. The van der Waals surface area contributed by atoms with Gasteiger partial charge in [-0.1, -0.05) is 146 Å². The maximum atomic E-state index is 6.29. The van der Waals surface area contributed by atoms with Crippen LogP contribution in [-0.4, -0.2) is 4.98 Å². The molecule has 0 bridgehead atoms. The van der Waals surface area contributed by atoms with Crippen molar-refractivity contribution < 1.29 is 4.42 Å². The molecule has 0 aliphatic rings. The summed E-state index contributed by atoms with van der Waals surface area (Å²) < 4.78 is 8.72. The zero-order valence-corrected chi connectivity index (χ0v) is 31.7. The lowest BCUT2D eigenvalue weighted by atomic mass is 9.95. The van der Waals surface area contributed by atoms with Crippen LogP contribution in [0, 0.1) is 0 Å². The molecule has 11 aromatic rings. The Hall–Kier alpha value is -7.27. The van der Waals surface area contributed by atoms with Crippen LogP contribution >= 0.6 is 11.3 Å². The Morgan fingerprint density at radius 1 is 0.421 bits per heavy atom. The summed E-state index contributed by atoms with van der Waals surface area (Å²) in [5.41, 5.74) is 13.0. The van der Waals surface area contributed by atoms with E-state index in [1.54, 1.807) is 0 Å². The summed E-state index contributed by atoms with van der Waals surface area (Å²) in [6.07, 6.45) is 0. The number of hydrogen-bond donors (Lipinski definition) is 0. The summed E-state index contributed by atoms with van der Waals surface area (Å²) in [5.74, 6) is 0.645. The van der Waals surface area contributed by atoms with Gasteiger partial charge in [-0.15, -0.1) is 11.3 Å². The zero-order chi connectivity index (χ0) is 37.7. The van der Waals surface area contributed by atoms with Crippen LogP contribution in [0.15, 0.2) is 211 Å². The van der Waals surface area contributed by atoms with E-state index < -0.39 is 0 Å². The normalized spacial score (nSPS) is 11.5. The largest absolute Gasteiger partial charge is 0.436 e. The first kappa shape index (κ1) is 33.1. The molecule has 0 N–H and O–H groups in total. The van der Waals surface area contributed by atoms with Crippen molar-refractivity contribution in [2.24, 2.45) is 0 Å². The van der Waals surface area contributed by atoms with Crippen LogP contribution < -0.4 is 4.90 Å². The molecule has 0 unspecified atom stereocenters. The van der Waals surface area contributed by atoms with Crippen LogP contribution in [0.3, 0.4) is 0 Å². The maximum absolute atomic E-state index is 6.29. The van der Waals surface area contributed by atoms with E-state index in [0.29, 0.717) is 5.89 Å². The van der Waals surface area contributed by atoms with Gasteiger partial charge in [0, 0.05) is 48.7 Å². The Kier molecular flexibility index (Phi) is 8.01. The molecule has 9 aromatic carbocycles. The molecule has 0 amide bonds. The lowest BCUT2D eigenvalue weighted by Gasteiger charge is -2.29. The van der Waals surface area contributed by atoms with Gasteiger partial charge in [-0.3, -0.25) is 0 Å². The fourth-order valence-electron chi connectivity index (χ4n) is 8.07. The molecule has 0 aliphatic heterocycles. The van der Waals surface area contributed by atoms with Crippen molar-refractivity contribution in [3.05, 3.63) is 206 Å². The average molecular weight is 747 g/mol. The number of fused-ring (bicyclic) bond motifs is 5. The molecular weight excluding hydrogens is 713 g/mol. The Morgan fingerprint density at radius 3 is 1.84 bits per heavy atom. The Bertz CT molecular complexity index is 3220. The van der Waals surface area contributed by atoms with Gasteiger partial charge in [0.25, 0.3) is 0 Å². The molecule has 268 valence electrons. The Morgan fingerprint density at radius 2 is 1.07 bits per heavy atom. The summed E-state index contributed by atoms with van der Waals surface area (Å²) >= 11 is 1.81. The minimum Gasteiger partial charge on any atom is -0.436 e. The van der Waals surface area contributed by atoms with Gasteiger partial charge in [0.1, 0.15) is 5.52 Å². The van der Waals surface area contributed by atoms with E-state index >= 15 is 0 Å². The number of oxazole rings is 1. The molecule has 0 spiro atoms. The molecule has 2 aromatic heterocycles. The van der Waals surface area contributed by atoms with Crippen molar-refractivity contribution in [2.75, 3.05) is 4.90 Å². The van der Waals surface area contributed by atoms with Gasteiger partial charge >= 0.3 is 0 Å².